The molecule has 2 saturated heterocycles. The van der Waals surface area contributed by atoms with Crippen LogP contribution in [0.1, 0.15) is 47.4 Å². The van der Waals surface area contributed by atoms with Gasteiger partial charge in [-0.2, -0.15) is 0 Å². The van der Waals surface area contributed by atoms with Crippen LogP contribution in [-0.2, 0) is 11.2 Å². The number of hydrogen-bond acceptors (Lipinski definition) is 4. The summed E-state index contributed by atoms with van der Waals surface area (Å²) in [7, 11) is 0. The maximum atomic E-state index is 13.7. The van der Waals surface area contributed by atoms with E-state index in [9.17, 15) is 18.8 Å². The van der Waals surface area contributed by atoms with Crippen molar-refractivity contribution in [2.45, 2.75) is 44.6 Å². The Labute approximate surface area is 191 Å². The fourth-order valence-corrected chi connectivity index (χ4v) is 5.19. The van der Waals surface area contributed by atoms with Crippen molar-refractivity contribution >= 4 is 17.8 Å². The van der Waals surface area contributed by atoms with E-state index >= 15 is 0 Å². The first-order valence-electron chi connectivity index (χ1n) is 11.6. The average Bonchev–Trinajstić information content (AvgIpc) is 3.49. The fourth-order valence-electron chi connectivity index (χ4n) is 5.19. The molecule has 0 unspecified atom stereocenters. The lowest BCUT2D eigenvalue weighted by molar-refractivity contribution is -0.134. The van der Waals surface area contributed by atoms with Gasteiger partial charge in [-0.25, -0.2) is 9.18 Å². The second-order valence-corrected chi connectivity index (χ2v) is 9.52. The summed E-state index contributed by atoms with van der Waals surface area (Å²) in [6, 6.07) is 7.42. The van der Waals surface area contributed by atoms with Gasteiger partial charge in [0.1, 0.15) is 17.1 Å². The summed E-state index contributed by atoms with van der Waals surface area (Å²) in [4.78, 5) is 42.6. The first-order chi connectivity index (χ1) is 15.9. The number of nitrogens with one attached hydrogen (secondary N) is 1. The zero-order chi connectivity index (χ0) is 23.2. The molecule has 1 aromatic heterocycles. The predicted octanol–water partition coefficient (Wildman–Crippen LogP) is 3.52. The van der Waals surface area contributed by atoms with Gasteiger partial charge in [-0.1, -0.05) is 12.1 Å². The molecule has 1 atom stereocenters. The fraction of sp³-hybridized carbons (Fsp3) is 0.480. The van der Waals surface area contributed by atoms with Crippen LogP contribution >= 0.6 is 0 Å². The van der Waals surface area contributed by atoms with Crippen LogP contribution in [0, 0.1) is 24.6 Å². The molecule has 0 spiro atoms. The van der Waals surface area contributed by atoms with E-state index in [2.05, 4.69) is 5.32 Å². The van der Waals surface area contributed by atoms with Gasteiger partial charge >= 0.3 is 6.03 Å². The summed E-state index contributed by atoms with van der Waals surface area (Å²) >= 11 is 0. The number of piperidine rings is 1. The summed E-state index contributed by atoms with van der Waals surface area (Å²) in [5.41, 5.74) is 0.269. The molecule has 174 valence electrons. The highest BCUT2D eigenvalue weighted by Crippen LogP contribution is 2.39. The highest BCUT2D eigenvalue weighted by atomic mass is 19.1. The van der Waals surface area contributed by atoms with Crippen molar-refractivity contribution in [2.75, 3.05) is 19.6 Å². The molecule has 0 bridgehead atoms. The molecule has 33 heavy (non-hydrogen) atoms. The minimum Gasteiger partial charge on any atom is -0.469 e. The first-order valence-corrected chi connectivity index (χ1v) is 11.6. The van der Waals surface area contributed by atoms with Crippen LogP contribution in [0.2, 0.25) is 0 Å². The number of furan rings is 1. The maximum Gasteiger partial charge on any atom is 0.325 e. The first kappa shape index (κ1) is 21.7. The summed E-state index contributed by atoms with van der Waals surface area (Å²) in [6.45, 7) is 3.20. The van der Waals surface area contributed by atoms with Gasteiger partial charge in [0.15, 0.2) is 0 Å². The second-order valence-electron chi connectivity index (χ2n) is 9.52. The van der Waals surface area contributed by atoms with Gasteiger partial charge in [-0.3, -0.25) is 14.5 Å². The molecule has 2 aliphatic heterocycles. The van der Waals surface area contributed by atoms with Crippen molar-refractivity contribution in [2.24, 2.45) is 11.8 Å². The summed E-state index contributed by atoms with van der Waals surface area (Å²) in [6.07, 6.45) is 5.07. The zero-order valence-electron chi connectivity index (χ0n) is 18.7. The standard InChI is InChI=1S/C25H28FN3O4/c1-16-21(10-13-33-16)22(30)28-11-8-19(9-12-28)25(14-17-4-6-20(26)7-5-17)23(31)29(24(32)27-25)15-18-2-3-18/h4-7,10,13,18-19H,2-3,8-9,11-12,14-15H2,1H3,(H,27,32)/t25-/m0/s1. The minimum atomic E-state index is -1.08. The molecule has 3 aliphatic rings. The molecule has 0 radical (unpaired) electrons. The van der Waals surface area contributed by atoms with Crippen molar-refractivity contribution in [3.05, 3.63) is 59.3 Å². The molecule has 1 saturated carbocycles. The van der Waals surface area contributed by atoms with Crippen LogP contribution in [0.15, 0.2) is 41.0 Å². The Balaban J connectivity index is 1.37. The molecule has 5 rings (SSSR count). The van der Waals surface area contributed by atoms with E-state index in [0.29, 0.717) is 56.1 Å². The van der Waals surface area contributed by atoms with E-state index in [1.54, 1.807) is 30.0 Å². The summed E-state index contributed by atoms with van der Waals surface area (Å²) in [5, 5.41) is 3.04. The number of amides is 4. The lowest BCUT2D eigenvalue weighted by Gasteiger charge is -2.41. The van der Waals surface area contributed by atoms with Crippen LogP contribution in [0.5, 0.6) is 0 Å². The average molecular weight is 454 g/mol. The van der Waals surface area contributed by atoms with E-state index in [4.69, 9.17) is 4.42 Å². The molecule has 1 aliphatic carbocycles. The lowest BCUT2D eigenvalue weighted by atomic mass is 9.73. The topological polar surface area (TPSA) is 82.9 Å². The smallest absolute Gasteiger partial charge is 0.325 e. The monoisotopic (exact) mass is 453 g/mol. The SMILES string of the molecule is Cc1occc1C(=O)N1CCC([C@]2(Cc3ccc(F)cc3)NC(=O)N(CC3CC3)C2=O)CC1. The number of urea groups is 1. The third-order valence-electron chi connectivity index (χ3n) is 7.30. The number of nitrogens with zero attached hydrogens (tertiary/aromatic N) is 2. The van der Waals surface area contributed by atoms with Gasteiger partial charge < -0.3 is 14.6 Å². The predicted molar refractivity (Wildman–Crippen MR) is 118 cm³/mol. The van der Waals surface area contributed by atoms with Crippen LogP contribution in [0.25, 0.3) is 0 Å². The van der Waals surface area contributed by atoms with Crippen molar-refractivity contribution in [3.8, 4) is 0 Å². The number of rotatable bonds is 6. The molecule has 3 fully saturated rings. The Morgan fingerprint density at radius 2 is 1.82 bits per heavy atom. The van der Waals surface area contributed by atoms with E-state index in [0.717, 1.165) is 18.4 Å². The van der Waals surface area contributed by atoms with E-state index in [1.807, 2.05) is 0 Å². The Hall–Kier alpha value is -3.16. The molecule has 7 nitrogen and oxygen atoms in total. The Bertz CT molecular complexity index is 1070. The third kappa shape index (κ3) is 4.03. The number of carbonyl (C=O) groups is 3. The normalized spacial score (nSPS) is 23.8. The van der Waals surface area contributed by atoms with E-state index in [-0.39, 0.29) is 29.6 Å². The summed E-state index contributed by atoms with van der Waals surface area (Å²) in [5.74, 6) is 0.232. The lowest BCUT2D eigenvalue weighted by Crippen LogP contribution is -2.58. The van der Waals surface area contributed by atoms with Crippen molar-refractivity contribution in [3.63, 3.8) is 0 Å². The number of benzene rings is 1. The number of carbonyl (C=O) groups excluding carboxylic acids is 3. The van der Waals surface area contributed by atoms with Gasteiger partial charge in [-0.05, 0) is 68.2 Å². The number of imide groups is 1. The molecule has 3 heterocycles. The quantitative estimate of drug-likeness (QED) is 0.679. The maximum absolute atomic E-state index is 13.7. The number of likely N-dealkylation sites (tertiary alicyclic amines) is 1. The Morgan fingerprint density at radius 1 is 1.12 bits per heavy atom. The second kappa shape index (κ2) is 8.32. The number of halogens is 1. The van der Waals surface area contributed by atoms with Gasteiger partial charge in [-0.15, -0.1) is 0 Å². The van der Waals surface area contributed by atoms with E-state index < -0.39 is 5.54 Å². The van der Waals surface area contributed by atoms with Crippen LogP contribution in [0.3, 0.4) is 0 Å². The molecule has 2 aromatic rings. The highest BCUT2D eigenvalue weighted by Gasteiger charge is 2.56. The van der Waals surface area contributed by atoms with Crippen molar-refractivity contribution in [1.29, 1.82) is 0 Å². The molecule has 4 amide bonds. The Morgan fingerprint density at radius 3 is 2.42 bits per heavy atom. The van der Waals surface area contributed by atoms with Crippen molar-refractivity contribution in [1.82, 2.24) is 15.1 Å². The van der Waals surface area contributed by atoms with Gasteiger partial charge in [0, 0.05) is 26.1 Å². The van der Waals surface area contributed by atoms with Crippen LogP contribution in [-0.4, -0.2) is 52.8 Å². The number of aryl methyl sites for hydroxylation is 1. The molecule has 8 heteroatoms. The Kier molecular flexibility index (Phi) is 5.46. The third-order valence-corrected chi connectivity index (χ3v) is 7.30. The zero-order valence-corrected chi connectivity index (χ0v) is 18.7. The largest absolute Gasteiger partial charge is 0.469 e. The van der Waals surface area contributed by atoms with Crippen LogP contribution in [0.4, 0.5) is 9.18 Å². The number of hydrogen-bond donors (Lipinski definition) is 1. The van der Waals surface area contributed by atoms with Gasteiger partial charge in [0.2, 0.25) is 0 Å². The van der Waals surface area contributed by atoms with Gasteiger partial charge in [0.25, 0.3) is 11.8 Å². The summed E-state index contributed by atoms with van der Waals surface area (Å²) < 4.78 is 18.7. The minimum absolute atomic E-state index is 0.0792. The molecular formula is C25H28FN3O4. The van der Waals surface area contributed by atoms with E-state index in [1.165, 1.54) is 23.3 Å². The van der Waals surface area contributed by atoms with Gasteiger partial charge in [0.05, 0.1) is 11.8 Å². The highest BCUT2D eigenvalue weighted by molar-refractivity contribution is 6.07. The molecule has 1 aromatic carbocycles. The molecular weight excluding hydrogens is 425 g/mol. The van der Waals surface area contributed by atoms with Crippen molar-refractivity contribution < 1.29 is 23.2 Å². The molecule has 1 N–H and O–H groups in total. The van der Waals surface area contributed by atoms with Crippen LogP contribution < -0.4 is 5.32 Å².